The summed E-state index contributed by atoms with van der Waals surface area (Å²) in [5.74, 6) is -0.168. The van der Waals surface area contributed by atoms with Crippen LogP contribution in [0.15, 0.2) is 78.9 Å². The third-order valence-corrected chi connectivity index (χ3v) is 7.81. The molecular formula is C33H38N2O5. The number of nitrogens with one attached hydrogen (secondary N) is 2. The van der Waals surface area contributed by atoms with Crippen molar-refractivity contribution in [1.82, 2.24) is 5.48 Å². The number of benzene rings is 3. The lowest BCUT2D eigenvalue weighted by Gasteiger charge is -2.44. The van der Waals surface area contributed by atoms with Gasteiger partial charge < -0.3 is 14.8 Å². The Morgan fingerprint density at radius 3 is 2.38 bits per heavy atom. The summed E-state index contributed by atoms with van der Waals surface area (Å²) >= 11 is 0. The lowest BCUT2D eigenvalue weighted by molar-refractivity contribution is -0.170. The average molecular weight is 543 g/mol. The van der Waals surface area contributed by atoms with E-state index in [-0.39, 0.29) is 29.8 Å². The van der Waals surface area contributed by atoms with Crippen LogP contribution in [0.25, 0.3) is 0 Å². The third-order valence-electron chi connectivity index (χ3n) is 7.81. The standard InChI is InChI=1S/C33H38N2O5/c1-32(2,3)39-31(37)25-16-11-19-33(29(25)22-12-7-5-8-13-22)21-27(35-40-33)26-20-24(17-18-28(26)38-4)34-30(36)23-14-9-6-10-15-23/h5-10,12-15,17-18,20,25,27,29,35H,11,16,19,21H2,1-4H3,(H,34,36)/t25?,27-,29+,33+/m0/s1. The zero-order valence-electron chi connectivity index (χ0n) is 23.6. The first-order valence-corrected chi connectivity index (χ1v) is 13.9. The highest BCUT2D eigenvalue weighted by molar-refractivity contribution is 6.04. The summed E-state index contributed by atoms with van der Waals surface area (Å²) in [5.41, 5.74) is 5.31. The van der Waals surface area contributed by atoms with Gasteiger partial charge in [-0.2, -0.15) is 5.48 Å². The van der Waals surface area contributed by atoms with Crippen molar-refractivity contribution < 1.29 is 23.9 Å². The number of carbonyl (C=O) groups excluding carboxylic acids is 2. The number of anilines is 1. The van der Waals surface area contributed by atoms with Gasteiger partial charge in [-0.3, -0.25) is 14.4 Å². The molecule has 4 atom stereocenters. The highest BCUT2D eigenvalue weighted by Gasteiger charge is 2.55. The van der Waals surface area contributed by atoms with E-state index in [9.17, 15) is 9.59 Å². The molecule has 0 bridgehead atoms. The number of hydrogen-bond acceptors (Lipinski definition) is 6. The SMILES string of the molecule is COc1ccc(NC(=O)c2ccccc2)cc1[C@@H]1C[C@@]2(CCCC(C(=O)OC(C)(C)C)[C@H]2c2ccccc2)ON1. The topological polar surface area (TPSA) is 85.9 Å². The van der Waals surface area contributed by atoms with Crippen LogP contribution in [0.4, 0.5) is 5.69 Å². The van der Waals surface area contributed by atoms with E-state index < -0.39 is 11.2 Å². The first-order chi connectivity index (χ1) is 19.2. The fraction of sp³-hybridized carbons (Fsp3) is 0.394. The van der Waals surface area contributed by atoms with Crippen LogP contribution in [0.3, 0.4) is 0 Å². The average Bonchev–Trinajstić information content (AvgIpc) is 3.36. The molecule has 1 heterocycles. The molecule has 3 aromatic carbocycles. The van der Waals surface area contributed by atoms with Crippen LogP contribution in [0.1, 0.15) is 79.9 Å². The van der Waals surface area contributed by atoms with Gasteiger partial charge in [0.05, 0.1) is 24.7 Å². The van der Waals surface area contributed by atoms with Crippen LogP contribution in [-0.2, 0) is 14.4 Å². The molecular weight excluding hydrogens is 504 g/mol. The molecule has 1 amide bonds. The van der Waals surface area contributed by atoms with E-state index in [1.807, 2.05) is 75.4 Å². The van der Waals surface area contributed by atoms with Gasteiger partial charge in [-0.05, 0) is 75.9 Å². The summed E-state index contributed by atoms with van der Waals surface area (Å²) in [6, 6.07) is 24.7. The van der Waals surface area contributed by atoms with E-state index in [1.165, 1.54) is 0 Å². The summed E-state index contributed by atoms with van der Waals surface area (Å²) in [6.07, 6.45) is 3.04. The van der Waals surface area contributed by atoms with Gasteiger partial charge in [-0.15, -0.1) is 0 Å². The number of rotatable bonds is 6. The minimum absolute atomic E-state index is 0.179. The Kier molecular flexibility index (Phi) is 7.97. The molecule has 210 valence electrons. The van der Waals surface area contributed by atoms with Gasteiger partial charge in [-0.1, -0.05) is 48.5 Å². The summed E-state index contributed by atoms with van der Waals surface area (Å²) in [7, 11) is 1.64. The second kappa shape index (κ2) is 11.4. The van der Waals surface area contributed by atoms with E-state index >= 15 is 0 Å². The Balaban J connectivity index is 1.45. The number of methoxy groups -OCH3 is 1. The Labute approximate surface area is 236 Å². The van der Waals surface area contributed by atoms with Crippen LogP contribution in [-0.4, -0.2) is 30.2 Å². The van der Waals surface area contributed by atoms with Crippen molar-refractivity contribution in [3.63, 3.8) is 0 Å². The molecule has 1 aliphatic carbocycles. The molecule has 2 aliphatic rings. The molecule has 5 rings (SSSR count). The van der Waals surface area contributed by atoms with E-state index in [1.54, 1.807) is 19.2 Å². The molecule has 7 nitrogen and oxygen atoms in total. The predicted octanol–water partition coefficient (Wildman–Crippen LogP) is 6.58. The Morgan fingerprint density at radius 2 is 1.70 bits per heavy atom. The van der Waals surface area contributed by atoms with Crippen LogP contribution >= 0.6 is 0 Å². The van der Waals surface area contributed by atoms with Gasteiger partial charge in [-0.25, -0.2) is 0 Å². The van der Waals surface area contributed by atoms with Crippen LogP contribution in [0.2, 0.25) is 0 Å². The normalized spacial score (nSPS) is 24.4. The van der Waals surface area contributed by atoms with Gasteiger partial charge >= 0.3 is 5.97 Å². The number of amides is 1. The number of ether oxygens (including phenoxy) is 2. The van der Waals surface area contributed by atoms with Crippen molar-refractivity contribution in [2.24, 2.45) is 5.92 Å². The second-order valence-electron chi connectivity index (χ2n) is 11.7. The van der Waals surface area contributed by atoms with Crippen molar-refractivity contribution in [2.45, 2.75) is 69.6 Å². The lowest BCUT2D eigenvalue weighted by Crippen LogP contribution is -2.47. The first-order valence-electron chi connectivity index (χ1n) is 13.9. The minimum Gasteiger partial charge on any atom is -0.496 e. The number of hydroxylamine groups is 1. The Morgan fingerprint density at radius 1 is 1.00 bits per heavy atom. The second-order valence-corrected chi connectivity index (χ2v) is 11.7. The fourth-order valence-corrected chi connectivity index (χ4v) is 6.15. The van der Waals surface area contributed by atoms with Crippen molar-refractivity contribution in [3.05, 3.63) is 95.6 Å². The van der Waals surface area contributed by atoms with E-state index in [2.05, 4.69) is 22.9 Å². The molecule has 40 heavy (non-hydrogen) atoms. The molecule has 0 radical (unpaired) electrons. The van der Waals surface area contributed by atoms with Gasteiger partial charge in [0.15, 0.2) is 0 Å². The van der Waals surface area contributed by atoms with Crippen molar-refractivity contribution in [1.29, 1.82) is 0 Å². The Hall–Kier alpha value is -3.68. The number of hydrogen-bond donors (Lipinski definition) is 2. The van der Waals surface area contributed by atoms with Crippen molar-refractivity contribution in [2.75, 3.05) is 12.4 Å². The highest BCUT2D eigenvalue weighted by Crippen LogP contribution is 2.54. The van der Waals surface area contributed by atoms with E-state index in [0.29, 0.717) is 23.4 Å². The van der Waals surface area contributed by atoms with Gasteiger partial charge in [0.2, 0.25) is 0 Å². The largest absolute Gasteiger partial charge is 0.496 e. The van der Waals surface area contributed by atoms with Gasteiger partial charge in [0.25, 0.3) is 5.91 Å². The molecule has 2 fully saturated rings. The van der Waals surface area contributed by atoms with Crippen LogP contribution in [0.5, 0.6) is 5.75 Å². The Bertz CT molecular complexity index is 1340. The van der Waals surface area contributed by atoms with Crippen LogP contribution in [0, 0.1) is 5.92 Å². The molecule has 2 N–H and O–H groups in total. The van der Waals surface area contributed by atoms with Gasteiger partial charge in [0, 0.05) is 29.2 Å². The first kappa shape index (κ1) is 27.9. The van der Waals surface area contributed by atoms with Crippen molar-refractivity contribution in [3.8, 4) is 5.75 Å². The molecule has 3 aromatic rings. The van der Waals surface area contributed by atoms with Crippen LogP contribution < -0.4 is 15.5 Å². The lowest BCUT2D eigenvalue weighted by atomic mass is 9.64. The maximum Gasteiger partial charge on any atom is 0.310 e. The smallest absolute Gasteiger partial charge is 0.310 e. The maximum atomic E-state index is 13.5. The quantitative estimate of drug-likeness (QED) is 0.342. The molecule has 1 saturated heterocycles. The maximum absolute atomic E-state index is 13.5. The summed E-state index contributed by atoms with van der Waals surface area (Å²) in [5, 5.41) is 3.00. The summed E-state index contributed by atoms with van der Waals surface area (Å²) in [4.78, 5) is 32.8. The van der Waals surface area contributed by atoms with Gasteiger partial charge in [0.1, 0.15) is 11.4 Å². The number of esters is 1. The molecule has 0 aromatic heterocycles. The fourth-order valence-electron chi connectivity index (χ4n) is 6.15. The van der Waals surface area contributed by atoms with E-state index in [4.69, 9.17) is 14.3 Å². The predicted molar refractivity (Wildman–Crippen MR) is 154 cm³/mol. The number of carbonyl (C=O) groups is 2. The van der Waals surface area contributed by atoms with E-state index in [0.717, 1.165) is 30.4 Å². The molecule has 1 aliphatic heterocycles. The monoisotopic (exact) mass is 542 g/mol. The molecule has 7 heteroatoms. The van der Waals surface area contributed by atoms with Crippen molar-refractivity contribution >= 4 is 17.6 Å². The highest BCUT2D eigenvalue weighted by atomic mass is 16.7. The molecule has 1 spiro atoms. The third kappa shape index (κ3) is 5.91. The molecule has 1 saturated carbocycles. The molecule has 1 unspecified atom stereocenters. The zero-order chi connectivity index (χ0) is 28.3. The summed E-state index contributed by atoms with van der Waals surface area (Å²) < 4.78 is 11.6. The summed E-state index contributed by atoms with van der Waals surface area (Å²) in [6.45, 7) is 5.71. The zero-order valence-corrected chi connectivity index (χ0v) is 23.6. The minimum atomic E-state index is -0.611.